The van der Waals surface area contributed by atoms with Crippen LogP contribution < -0.4 is 5.32 Å². The van der Waals surface area contributed by atoms with Crippen molar-refractivity contribution in [1.29, 1.82) is 0 Å². The molecule has 2 fully saturated rings. The second-order valence-corrected chi connectivity index (χ2v) is 6.05. The fourth-order valence-electron chi connectivity index (χ4n) is 3.21. The molecule has 0 radical (unpaired) electrons. The van der Waals surface area contributed by atoms with Gasteiger partial charge in [-0.05, 0) is 0 Å². The standard InChI is InChI=1S/C14H17F3N4O3/c15-14(16,17)11-7-20(5-9-1-4-24-19-9)6-10(11)13(23)21-3-2-18-12(22)8-21/h1,4,10-11H,2-3,5-8H2,(H,18,22)/t10-,11-/m1/s1. The van der Waals surface area contributed by atoms with Gasteiger partial charge in [-0.15, -0.1) is 0 Å². The molecule has 2 amide bonds. The SMILES string of the molecule is O=C1CN(C(=O)[C@@H]2CN(Cc3ccon3)C[C@H]2C(F)(F)F)CCN1. The Hall–Kier alpha value is -2.10. The highest BCUT2D eigenvalue weighted by Gasteiger charge is 2.53. The average Bonchev–Trinajstić information content (AvgIpc) is 3.16. The highest BCUT2D eigenvalue weighted by atomic mass is 19.4. The van der Waals surface area contributed by atoms with Crippen LogP contribution in [0.2, 0.25) is 0 Å². The van der Waals surface area contributed by atoms with Gasteiger partial charge in [-0.2, -0.15) is 13.2 Å². The number of likely N-dealkylation sites (tertiary alicyclic amines) is 1. The van der Waals surface area contributed by atoms with Crippen molar-refractivity contribution in [2.45, 2.75) is 12.7 Å². The van der Waals surface area contributed by atoms with E-state index >= 15 is 0 Å². The fourth-order valence-corrected chi connectivity index (χ4v) is 3.21. The molecule has 2 aliphatic heterocycles. The molecule has 1 N–H and O–H groups in total. The van der Waals surface area contributed by atoms with E-state index in [2.05, 4.69) is 15.0 Å². The number of hydrogen-bond acceptors (Lipinski definition) is 5. The molecule has 0 saturated carbocycles. The first kappa shape index (κ1) is 16.7. The smallest absolute Gasteiger partial charge is 0.364 e. The van der Waals surface area contributed by atoms with E-state index in [9.17, 15) is 22.8 Å². The van der Waals surface area contributed by atoms with Crippen molar-refractivity contribution in [2.24, 2.45) is 11.8 Å². The molecule has 132 valence electrons. The quantitative estimate of drug-likeness (QED) is 0.849. The van der Waals surface area contributed by atoms with Gasteiger partial charge in [-0.3, -0.25) is 14.5 Å². The Morgan fingerprint density at radius 1 is 1.42 bits per heavy atom. The summed E-state index contributed by atoms with van der Waals surface area (Å²) in [4.78, 5) is 26.7. The number of nitrogens with zero attached hydrogens (tertiary/aromatic N) is 3. The highest BCUT2D eigenvalue weighted by Crippen LogP contribution is 2.38. The average molecular weight is 346 g/mol. The van der Waals surface area contributed by atoms with Crippen LogP contribution in [-0.4, -0.2) is 65.7 Å². The number of aromatic nitrogens is 1. The molecule has 0 aromatic carbocycles. The number of rotatable bonds is 3. The van der Waals surface area contributed by atoms with Crippen LogP contribution in [0.25, 0.3) is 0 Å². The Labute approximate surface area is 135 Å². The summed E-state index contributed by atoms with van der Waals surface area (Å²) in [7, 11) is 0. The van der Waals surface area contributed by atoms with E-state index in [4.69, 9.17) is 0 Å². The number of carbonyl (C=O) groups is 2. The van der Waals surface area contributed by atoms with Crippen molar-refractivity contribution in [1.82, 2.24) is 20.3 Å². The number of nitrogens with one attached hydrogen (secondary N) is 1. The molecule has 3 rings (SSSR count). The predicted octanol–water partition coefficient (Wildman–Crippen LogP) is 0.243. The zero-order valence-corrected chi connectivity index (χ0v) is 12.8. The van der Waals surface area contributed by atoms with Crippen LogP contribution in [0.3, 0.4) is 0 Å². The lowest BCUT2D eigenvalue weighted by atomic mass is 9.94. The van der Waals surface area contributed by atoms with Crippen LogP contribution in [-0.2, 0) is 16.1 Å². The number of amides is 2. The van der Waals surface area contributed by atoms with E-state index in [1.165, 1.54) is 11.2 Å². The summed E-state index contributed by atoms with van der Waals surface area (Å²) in [5.41, 5.74) is 0.515. The number of carbonyl (C=O) groups excluding carboxylic acids is 2. The van der Waals surface area contributed by atoms with E-state index in [-0.39, 0.29) is 45.2 Å². The molecule has 0 bridgehead atoms. The largest absolute Gasteiger partial charge is 0.393 e. The van der Waals surface area contributed by atoms with Crippen molar-refractivity contribution in [3.8, 4) is 0 Å². The van der Waals surface area contributed by atoms with Crippen molar-refractivity contribution < 1.29 is 27.3 Å². The first-order valence-electron chi connectivity index (χ1n) is 7.58. The Bertz CT molecular complexity index is 605. The molecular weight excluding hydrogens is 329 g/mol. The number of halogens is 3. The maximum Gasteiger partial charge on any atom is 0.393 e. The molecule has 0 aliphatic carbocycles. The van der Waals surface area contributed by atoms with Gasteiger partial charge in [-0.25, -0.2) is 0 Å². The van der Waals surface area contributed by atoms with Gasteiger partial charge in [0.15, 0.2) is 0 Å². The molecule has 10 heteroatoms. The summed E-state index contributed by atoms with van der Waals surface area (Å²) in [6, 6.07) is 1.58. The van der Waals surface area contributed by atoms with E-state index in [0.29, 0.717) is 5.69 Å². The monoisotopic (exact) mass is 346 g/mol. The molecule has 2 atom stereocenters. The maximum absolute atomic E-state index is 13.4. The van der Waals surface area contributed by atoms with Crippen LogP contribution in [0, 0.1) is 11.8 Å². The molecule has 7 nitrogen and oxygen atoms in total. The predicted molar refractivity (Wildman–Crippen MR) is 74.4 cm³/mol. The van der Waals surface area contributed by atoms with E-state index in [0.717, 1.165) is 0 Å². The van der Waals surface area contributed by atoms with Crippen LogP contribution in [0.5, 0.6) is 0 Å². The van der Waals surface area contributed by atoms with Gasteiger partial charge in [0.25, 0.3) is 0 Å². The lowest BCUT2D eigenvalue weighted by molar-refractivity contribution is -0.186. The molecular formula is C14H17F3N4O3. The highest BCUT2D eigenvalue weighted by molar-refractivity contribution is 5.87. The van der Waals surface area contributed by atoms with Gasteiger partial charge in [-0.1, -0.05) is 5.16 Å². The topological polar surface area (TPSA) is 78.7 Å². The fraction of sp³-hybridized carbons (Fsp3) is 0.643. The van der Waals surface area contributed by atoms with Gasteiger partial charge in [0.1, 0.15) is 6.26 Å². The summed E-state index contributed by atoms with van der Waals surface area (Å²) in [6.07, 6.45) is -3.13. The molecule has 3 heterocycles. The van der Waals surface area contributed by atoms with E-state index in [1.54, 1.807) is 11.0 Å². The minimum atomic E-state index is -4.48. The minimum Gasteiger partial charge on any atom is -0.364 e. The van der Waals surface area contributed by atoms with Gasteiger partial charge in [0, 0.05) is 38.8 Å². The van der Waals surface area contributed by atoms with E-state index < -0.39 is 23.9 Å². The van der Waals surface area contributed by atoms with Crippen LogP contribution in [0.4, 0.5) is 13.2 Å². The summed E-state index contributed by atoms with van der Waals surface area (Å²) < 4.78 is 44.8. The molecule has 2 saturated heterocycles. The molecule has 24 heavy (non-hydrogen) atoms. The number of hydrogen-bond donors (Lipinski definition) is 1. The van der Waals surface area contributed by atoms with Gasteiger partial charge in [0.2, 0.25) is 11.8 Å². The zero-order valence-electron chi connectivity index (χ0n) is 12.8. The zero-order chi connectivity index (χ0) is 17.3. The lowest BCUT2D eigenvalue weighted by Gasteiger charge is -2.31. The third-order valence-electron chi connectivity index (χ3n) is 4.36. The van der Waals surface area contributed by atoms with Crippen molar-refractivity contribution >= 4 is 11.8 Å². The molecule has 0 spiro atoms. The summed E-state index contributed by atoms with van der Waals surface area (Å²) in [5.74, 6) is -3.92. The van der Waals surface area contributed by atoms with Crippen molar-refractivity contribution in [3.05, 3.63) is 18.0 Å². The Morgan fingerprint density at radius 3 is 2.83 bits per heavy atom. The minimum absolute atomic E-state index is 0.0199. The molecule has 1 aromatic heterocycles. The summed E-state index contributed by atoms with van der Waals surface area (Å²) >= 11 is 0. The van der Waals surface area contributed by atoms with Crippen LogP contribution >= 0.6 is 0 Å². The van der Waals surface area contributed by atoms with Gasteiger partial charge in [0.05, 0.1) is 24.1 Å². The van der Waals surface area contributed by atoms with Crippen molar-refractivity contribution in [3.63, 3.8) is 0 Å². The third-order valence-corrected chi connectivity index (χ3v) is 4.36. The van der Waals surface area contributed by atoms with E-state index in [1.807, 2.05) is 0 Å². The third kappa shape index (κ3) is 3.53. The molecule has 2 aliphatic rings. The van der Waals surface area contributed by atoms with Gasteiger partial charge < -0.3 is 14.7 Å². The van der Waals surface area contributed by atoms with Crippen molar-refractivity contribution in [2.75, 3.05) is 32.7 Å². The normalized spacial score (nSPS) is 25.8. The number of piperazine rings is 1. The summed E-state index contributed by atoms with van der Waals surface area (Å²) in [5, 5.41) is 6.24. The van der Waals surface area contributed by atoms with Crippen LogP contribution in [0.15, 0.2) is 16.9 Å². The lowest BCUT2D eigenvalue weighted by Crippen LogP contribution is -2.53. The summed E-state index contributed by atoms with van der Waals surface area (Å²) in [6.45, 7) is 0.197. The second-order valence-electron chi connectivity index (χ2n) is 6.05. The molecule has 0 unspecified atom stereocenters. The van der Waals surface area contributed by atoms with Gasteiger partial charge >= 0.3 is 6.18 Å². The first-order valence-corrected chi connectivity index (χ1v) is 7.58. The Balaban J connectivity index is 1.73. The Morgan fingerprint density at radius 2 is 2.21 bits per heavy atom. The molecule has 1 aromatic rings. The maximum atomic E-state index is 13.4. The number of alkyl halides is 3. The van der Waals surface area contributed by atoms with Crippen LogP contribution in [0.1, 0.15) is 5.69 Å². The first-order chi connectivity index (χ1) is 11.3. The Kier molecular flexibility index (Phi) is 4.48. The second kappa shape index (κ2) is 6.42.